The van der Waals surface area contributed by atoms with Crippen LogP contribution in [0, 0.1) is 23.4 Å². The molecule has 0 heterocycles. The summed E-state index contributed by atoms with van der Waals surface area (Å²) in [5.74, 6) is -8.06. The number of ether oxygens (including phenoxy) is 1. The van der Waals surface area contributed by atoms with Crippen molar-refractivity contribution < 1.29 is 32.6 Å². The smallest absolute Gasteiger partial charge is 0.309 e. The van der Waals surface area contributed by atoms with Gasteiger partial charge in [0.15, 0.2) is 17.5 Å². The lowest BCUT2D eigenvalue weighted by molar-refractivity contribution is -0.153. The third-order valence-electron chi connectivity index (χ3n) is 5.69. The van der Waals surface area contributed by atoms with Crippen LogP contribution in [0.1, 0.15) is 29.0 Å². The molecule has 0 saturated carbocycles. The third-order valence-corrected chi connectivity index (χ3v) is 5.69. The van der Waals surface area contributed by atoms with Crippen molar-refractivity contribution in [3.63, 3.8) is 0 Å². The van der Waals surface area contributed by atoms with Crippen LogP contribution in [-0.2, 0) is 20.7 Å². The van der Waals surface area contributed by atoms with Crippen molar-refractivity contribution in [3.8, 4) is 11.1 Å². The van der Waals surface area contributed by atoms with Crippen LogP contribution >= 0.6 is 0 Å². The van der Waals surface area contributed by atoms with Gasteiger partial charge in [0, 0.05) is 5.92 Å². The van der Waals surface area contributed by atoms with Gasteiger partial charge in [0.2, 0.25) is 0 Å². The van der Waals surface area contributed by atoms with Crippen molar-refractivity contribution in [2.24, 2.45) is 5.92 Å². The van der Waals surface area contributed by atoms with E-state index in [4.69, 9.17) is 4.74 Å². The molecule has 0 unspecified atom stereocenters. The largest absolute Gasteiger partial charge is 0.481 e. The summed E-state index contributed by atoms with van der Waals surface area (Å²) in [4.78, 5) is 24.0. The quantitative estimate of drug-likeness (QED) is 0.411. The maximum Gasteiger partial charge on any atom is 0.309 e. The van der Waals surface area contributed by atoms with Crippen molar-refractivity contribution in [3.05, 3.63) is 94.8 Å². The SMILES string of the molecule is O=C(O)C[C@H](Cc1ccc(F)c(F)c1F)C(=O)OCC1c2ccccc2-c2ccccc21. The first kappa shape index (κ1) is 21.6. The Morgan fingerprint density at radius 1 is 0.875 bits per heavy atom. The summed E-state index contributed by atoms with van der Waals surface area (Å²) in [6.07, 6.45) is -1.05. The molecular weight excluding hydrogens is 421 g/mol. The van der Waals surface area contributed by atoms with Crippen LogP contribution in [0.5, 0.6) is 0 Å². The molecule has 0 fully saturated rings. The number of carboxylic acid groups (broad SMARTS) is 1. The number of carbonyl (C=O) groups is 2. The lowest BCUT2D eigenvalue weighted by atomic mass is 9.95. The van der Waals surface area contributed by atoms with E-state index >= 15 is 0 Å². The normalized spacial score (nSPS) is 13.3. The molecule has 0 saturated heterocycles. The first-order valence-corrected chi connectivity index (χ1v) is 10.1. The van der Waals surface area contributed by atoms with Gasteiger partial charge in [0.25, 0.3) is 0 Å². The standard InChI is InChI=1S/C25H19F3O4/c26-21-10-9-14(23(27)24(21)28)11-15(12-22(29)30)25(31)32-13-20-18-7-3-1-5-16(18)17-6-2-4-8-19(17)20/h1-10,15,20H,11-13H2,(H,29,30)/t15-/m0/s1. The van der Waals surface area contributed by atoms with Crippen LogP contribution in [0.4, 0.5) is 13.2 Å². The van der Waals surface area contributed by atoms with Crippen LogP contribution in [0.25, 0.3) is 11.1 Å². The van der Waals surface area contributed by atoms with Gasteiger partial charge in [-0.2, -0.15) is 0 Å². The predicted molar refractivity (Wildman–Crippen MR) is 110 cm³/mol. The molecule has 4 rings (SSSR count). The highest BCUT2D eigenvalue weighted by Crippen LogP contribution is 2.44. The van der Waals surface area contributed by atoms with E-state index in [9.17, 15) is 27.9 Å². The summed E-state index contributed by atoms with van der Waals surface area (Å²) in [5, 5.41) is 9.18. The average Bonchev–Trinajstić information content (AvgIpc) is 3.10. The molecule has 3 aromatic rings. The number of hydrogen-bond acceptors (Lipinski definition) is 3. The number of carboxylic acids is 1. The number of aliphatic carboxylic acids is 1. The van der Waals surface area contributed by atoms with Crippen LogP contribution in [0.15, 0.2) is 60.7 Å². The molecule has 0 bridgehead atoms. The van der Waals surface area contributed by atoms with E-state index in [1.54, 1.807) is 0 Å². The fraction of sp³-hybridized carbons (Fsp3) is 0.200. The Morgan fingerprint density at radius 3 is 2.06 bits per heavy atom. The predicted octanol–water partition coefficient (Wildman–Crippen LogP) is 5.09. The second-order valence-corrected chi connectivity index (χ2v) is 7.69. The summed E-state index contributed by atoms with van der Waals surface area (Å²) >= 11 is 0. The fourth-order valence-corrected chi connectivity index (χ4v) is 4.16. The number of hydrogen-bond donors (Lipinski definition) is 1. The lowest BCUT2D eigenvalue weighted by Gasteiger charge is -2.18. The lowest BCUT2D eigenvalue weighted by Crippen LogP contribution is -2.25. The molecular formula is C25H19F3O4. The summed E-state index contributed by atoms with van der Waals surface area (Å²) in [6.45, 7) is -0.0246. The Morgan fingerprint density at radius 2 is 1.47 bits per heavy atom. The van der Waals surface area contributed by atoms with Gasteiger partial charge in [0.05, 0.1) is 12.3 Å². The molecule has 164 valence electrons. The molecule has 1 N–H and O–H groups in total. The molecule has 0 aromatic heterocycles. The minimum atomic E-state index is -1.66. The molecule has 1 aliphatic carbocycles. The van der Waals surface area contributed by atoms with Gasteiger partial charge >= 0.3 is 11.9 Å². The molecule has 0 spiro atoms. The topological polar surface area (TPSA) is 63.6 Å². The number of halogens is 3. The number of benzene rings is 3. The maximum absolute atomic E-state index is 14.1. The van der Waals surface area contributed by atoms with Crippen LogP contribution in [-0.4, -0.2) is 23.7 Å². The van der Waals surface area contributed by atoms with Crippen molar-refractivity contribution in [1.29, 1.82) is 0 Å². The Hall–Kier alpha value is -3.61. The maximum atomic E-state index is 14.1. The summed E-state index contributed by atoms with van der Waals surface area (Å²) in [6, 6.07) is 17.2. The van der Waals surface area contributed by atoms with E-state index in [1.807, 2.05) is 48.5 Å². The number of fused-ring (bicyclic) bond motifs is 3. The Balaban J connectivity index is 1.54. The summed E-state index contributed by atoms with van der Waals surface area (Å²) in [7, 11) is 0. The molecule has 32 heavy (non-hydrogen) atoms. The monoisotopic (exact) mass is 440 g/mol. The van der Waals surface area contributed by atoms with Gasteiger partial charge < -0.3 is 9.84 Å². The van der Waals surface area contributed by atoms with E-state index < -0.39 is 48.1 Å². The first-order chi connectivity index (χ1) is 15.4. The van der Waals surface area contributed by atoms with Crippen LogP contribution in [0.3, 0.4) is 0 Å². The summed E-state index contributed by atoms with van der Waals surface area (Å²) < 4.78 is 46.3. The van der Waals surface area contributed by atoms with Crippen molar-refractivity contribution in [2.45, 2.75) is 18.8 Å². The highest BCUT2D eigenvalue weighted by molar-refractivity contribution is 5.81. The van der Waals surface area contributed by atoms with Crippen molar-refractivity contribution >= 4 is 11.9 Å². The molecule has 0 amide bonds. The Kier molecular flexibility index (Phi) is 5.99. The zero-order valence-corrected chi connectivity index (χ0v) is 16.9. The minimum absolute atomic E-state index is 0.0246. The molecule has 0 radical (unpaired) electrons. The van der Waals surface area contributed by atoms with E-state index in [0.717, 1.165) is 34.4 Å². The fourth-order valence-electron chi connectivity index (χ4n) is 4.16. The second kappa shape index (κ2) is 8.86. The van der Waals surface area contributed by atoms with Crippen molar-refractivity contribution in [1.82, 2.24) is 0 Å². The Labute approximate surface area is 182 Å². The van der Waals surface area contributed by atoms with Crippen LogP contribution < -0.4 is 0 Å². The molecule has 0 aliphatic heterocycles. The molecule has 1 atom stereocenters. The van der Waals surface area contributed by atoms with E-state index in [-0.39, 0.29) is 18.1 Å². The van der Waals surface area contributed by atoms with Gasteiger partial charge in [-0.25, -0.2) is 13.2 Å². The summed E-state index contributed by atoms with van der Waals surface area (Å²) in [5.41, 5.74) is 3.76. The highest BCUT2D eigenvalue weighted by atomic mass is 19.2. The molecule has 7 heteroatoms. The zero-order valence-electron chi connectivity index (χ0n) is 16.9. The molecule has 3 aromatic carbocycles. The van der Waals surface area contributed by atoms with Gasteiger partial charge in [0.1, 0.15) is 6.61 Å². The van der Waals surface area contributed by atoms with E-state index in [1.165, 1.54) is 0 Å². The average molecular weight is 440 g/mol. The van der Waals surface area contributed by atoms with Gasteiger partial charge in [-0.3, -0.25) is 9.59 Å². The molecule has 4 nitrogen and oxygen atoms in total. The van der Waals surface area contributed by atoms with E-state index in [2.05, 4.69) is 0 Å². The van der Waals surface area contributed by atoms with Gasteiger partial charge in [-0.15, -0.1) is 0 Å². The van der Waals surface area contributed by atoms with Gasteiger partial charge in [-0.05, 0) is 40.3 Å². The zero-order chi connectivity index (χ0) is 22.8. The number of esters is 1. The van der Waals surface area contributed by atoms with Gasteiger partial charge in [-0.1, -0.05) is 54.6 Å². The van der Waals surface area contributed by atoms with Crippen molar-refractivity contribution in [2.75, 3.05) is 6.61 Å². The Bertz CT molecular complexity index is 1150. The third kappa shape index (κ3) is 4.10. The highest BCUT2D eigenvalue weighted by Gasteiger charge is 2.31. The second-order valence-electron chi connectivity index (χ2n) is 7.69. The first-order valence-electron chi connectivity index (χ1n) is 10.1. The van der Waals surface area contributed by atoms with Crippen LogP contribution in [0.2, 0.25) is 0 Å². The minimum Gasteiger partial charge on any atom is -0.481 e. The van der Waals surface area contributed by atoms with E-state index in [0.29, 0.717) is 0 Å². The number of carbonyl (C=O) groups excluding carboxylic acids is 1. The molecule has 1 aliphatic rings. The number of rotatable bonds is 7.